The molecule has 0 bridgehead atoms. The first-order chi connectivity index (χ1) is 12.3. The van der Waals surface area contributed by atoms with Crippen molar-refractivity contribution in [2.45, 2.75) is 0 Å². The lowest BCUT2D eigenvalue weighted by Crippen LogP contribution is -1.94. The van der Waals surface area contributed by atoms with Gasteiger partial charge in [0.15, 0.2) is 0 Å². The molecular formula is C21H19Cl2N3O. The molecule has 0 aliphatic heterocycles. The van der Waals surface area contributed by atoms with Crippen LogP contribution in [0.3, 0.4) is 0 Å². The van der Waals surface area contributed by atoms with E-state index in [9.17, 15) is 0 Å². The zero-order valence-corrected chi connectivity index (χ0v) is 16.3. The molecule has 27 heavy (non-hydrogen) atoms. The first kappa shape index (κ1) is 20.5. The van der Waals surface area contributed by atoms with Crippen molar-refractivity contribution in [2.24, 2.45) is 0 Å². The third-order valence-electron chi connectivity index (χ3n) is 4.08. The Kier molecular flexibility index (Phi) is 6.99. The van der Waals surface area contributed by atoms with E-state index in [4.69, 9.17) is 4.74 Å². The lowest BCUT2D eigenvalue weighted by molar-refractivity contribution is 0.416. The number of hydrogen-bond acceptors (Lipinski definition) is 3. The zero-order valence-electron chi connectivity index (χ0n) is 14.6. The molecule has 0 aliphatic rings. The van der Waals surface area contributed by atoms with Gasteiger partial charge < -0.3 is 9.30 Å². The van der Waals surface area contributed by atoms with Crippen LogP contribution in [0.15, 0.2) is 85.5 Å². The standard InChI is InChI=1S/C21H17N3O.2ClH/c1-25-21-14-17(8-9-18(21)20-7-3-5-12-23-20)24-13-10-16(15-24)19-6-2-4-11-22-19;;/h2-15H,1H3;2*1H. The topological polar surface area (TPSA) is 39.9 Å². The van der Waals surface area contributed by atoms with Crippen LogP contribution in [0.2, 0.25) is 0 Å². The lowest BCUT2D eigenvalue weighted by Gasteiger charge is -2.11. The predicted octanol–water partition coefficient (Wildman–Crippen LogP) is 5.45. The molecule has 3 aromatic heterocycles. The molecule has 0 N–H and O–H groups in total. The summed E-state index contributed by atoms with van der Waals surface area (Å²) in [5.74, 6) is 0.796. The summed E-state index contributed by atoms with van der Waals surface area (Å²) < 4.78 is 7.65. The maximum Gasteiger partial charge on any atom is 0.130 e. The van der Waals surface area contributed by atoms with Crippen LogP contribution in [0, 0.1) is 0 Å². The molecule has 1 aromatic carbocycles. The Morgan fingerprint density at radius 3 is 2.15 bits per heavy atom. The number of ether oxygens (including phenoxy) is 1. The van der Waals surface area contributed by atoms with E-state index in [0.29, 0.717) is 0 Å². The van der Waals surface area contributed by atoms with Gasteiger partial charge in [0.25, 0.3) is 0 Å². The van der Waals surface area contributed by atoms with Gasteiger partial charge in [-0.3, -0.25) is 9.97 Å². The fourth-order valence-corrected chi connectivity index (χ4v) is 2.82. The van der Waals surface area contributed by atoms with E-state index in [0.717, 1.165) is 34.0 Å². The first-order valence-corrected chi connectivity index (χ1v) is 8.04. The molecule has 4 nitrogen and oxygen atoms in total. The fourth-order valence-electron chi connectivity index (χ4n) is 2.82. The summed E-state index contributed by atoms with van der Waals surface area (Å²) in [6, 6.07) is 20.0. The van der Waals surface area contributed by atoms with E-state index in [1.54, 1.807) is 19.5 Å². The minimum absolute atomic E-state index is 0. The Morgan fingerprint density at radius 2 is 1.52 bits per heavy atom. The molecule has 0 fully saturated rings. The van der Waals surface area contributed by atoms with Crippen LogP contribution >= 0.6 is 24.8 Å². The van der Waals surface area contributed by atoms with Crippen molar-refractivity contribution in [2.75, 3.05) is 7.11 Å². The minimum Gasteiger partial charge on any atom is -0.496 e. The maximum absolute atomic E-state index is 5.59. The summed E-state index contributed by atoms with van der Waals surface area (Å²) in [7, 11) is 1.68. The van der Waals surface area contributed by atoms with Crippen molar-refractivity contribution in [3.8, 4) is 34.0 Å². The lowest BCUT2D eigenvalue weighted by atomic mass is 10.1. The monoisotopic (exact) mass is 399 g/mol. The van der Waals surface area contributed by atoms with Gasteiger partial charge in [-0.05, 0) is 42.5 Å². The molecule has 0 saturated carbocycles. The average molecular weight is 400 g/mol. The summed E-state index contributed by atoms with van der Waals surface area (Å²) in [6.45, 7) is 0. The van der Waals surface area contributed by atoms with Crippen molar-refractivity contribution >= 4 is 24.8 Å². The fraction of sp³-hybridized carbons (Fsp3) is 0.0476. The van der Waals surface area contributed by atoms with Gasteiger partial charge in [-0.1, -0.05) is 12.1 Å². The Hall–Kier alpha value is -2.82. The Bertz CT molecular complexity index is 989. The van der Waals surface area contributed by atoms with Crippen molar-refractivity contribution in [1.82, 2.24) is 14.5 Å². The average Bonchev–Trinajstić information content (AvgIpc) is 3.19. The van der Waals surface area contributed by atoms with Gasteiger partial charge in [-0.2, -0.15) is 0 Å². The third-order valence-corrected chi connectivity index (χ3v) is 4.08. The van der Waals surface area contributed by atoms with Crippen LogP contribution in [-0.4, -0.2) is 21.6 Å². The quantitative estimate of drug-likeness (QED) is 0.457. The molecule has 0 spiro atoms. The smallest absolute Gasteiger partial charge is 0.130 e. The molecule has 4 aromatic rings. The number of pyridine rings is 2. The number of halogens is 2. The number of benzene rings is 1. The number of aromatic nitrogens is 3. The summed E-state index contributed by atoms with van der Waals surface area (Å²) in [4.78, 5) is 8.81. The molecule has 0 atom stereocenters. The number of methoxy groups -OCH3 is 1. The Balaban J connectivity index is 0.00000131. The van der Waals surface area contributed by atoms with Crippen LogP contribution < -0.4 is 4.74 Å². The van der Waals surface area contributed by atoms with Gasteiger partial charge in [0.1, 0.15) is 5.75 Å². The van der Waals surface area contributed by atoms with E-state index in [2.05, 4.69) is 32.9 Å². The van der Waals surface area contributed by atoms with Gasteiger partial charge in [-0.15, -0.1) is 24.8 Å². The summed E-state index contributed by atoms with van der Waals surface area (Å²) in [5, 5.41) is 0. The van der Waals surface area contributed by atoms with E-state index in [1.165, 1.54) is 0 Å². The molecule has 0 aliphatic carbocycles. The SMILES string of the molecule is COc1cc(-n2ccc(-c3ccccn3)c2)ccc1-c1ccccn1.Cl.Cl. The van der Waals surface area contributed by atoms with Crippen LogP contribution in [0.1, 0.15) is 0 Å². The number of hydrogen-bond donors (Lipinski definition) is 0. The van der Waals surface area contributed by atoms with Crippen molar-refractivity contribution < 1.29 is 4.74 Å². The van der Waals surface area contributed by atoms with Crippen LogP contribution in [0.5, 0.6) is 5.75 Å². The second-order valence-electron chi connectivity index (χ2n) is 5.62. The molecule has 0 unspecified atom stereocenters. The highest BCUT2D eigenvalue weighted by atomic mass is 35.5. The van der Waals surface area contributed by atoms with Gasteiger partial charge in [0, 0.05) is 47.7 Å². The number of nitrogens with zero attached hydrogens (tertiary/aromatic N) is 3. The van der Waals surface area contributed by atoms with Gasteiger partial charge >= 0.3 is 0 Å². The number of rotatable bonds is 4. The van der Waals surface area contributed by atoms with Crippen LogP contribution in [0.4, 0.5) is 0 Å². The molecule has 6 heteroatoms. The summed E-state index contributed by atoms with van der Waals surface area (Å²) in [6.07, 6.45) is 7.68. The van der Waals surface area contributed by atoms with E-state index < -0.39 is 0 Å². The second-order valence-corrected chi connectivity index (χ2v) is 5.62. The second kappa shape index (κ2) is 9.21. The van der Waals surface area contributed by atoms with Crippen molar-refractivity contribution in [3.05, 3.63) is 85.5 Å². The molecule has 0 saturated heterocycles. The molecule has 3 heterocycles. The van der Waals surface area contributed by atoms with E-state index >= 15 is 0 Å². The largest absolute Gasteiger partial charge is 0.496 e. The molecule has 138 valence electrons. The van der Waals surface area contributed by atoms with Crippen molar-refractivity contribution in [1.29, 1.82) is 0 Å². The Morgan fingerprint density at radius 1 is 0.815 bits per heavy atom. The highest BCUT2D eigenvalue weighted by molar-refractivity contribution is 5.85. The zero-order chi connectivity index (χ0) is 17.1. The normalized spacial score (nSPS) is 9.81. The first-order valence-electron chi connectivity index (χ1n) is 8.04. The third kappa shape index (κ3) is 4.30. The van der Waals surface area contributed by atoms with Gasteiger partial charge in [-0.25, -0.2) is 0 Å². The molecule has 0 amide bonds. The summed E-state index contributed by atoms with van der Waals surface area (Å²) >= 11 is 0. The summed E-state index contributed by atoms with van der Waals surface area (Å²) in [5.41, 5.74) is 4.93. The van der Waals surface area contributed by atoms with Crippen molar-refractivity contribution in [3.63, 3.8) is 0 Å². The predicted molar refractivity (Wildman–Crippen MR) is 113 cm³/mol. The highest BCUT2D eigenvalue weighted by Crippen LogP contribution is 2.31. The Labute approximate surface area is 170 Å². The van der Waals surface area contributed by atoms with Crippen LogP contribution in [-0.2, 0) is 0 Å². The van der Waals surface area contributed by atoms with E-state index in [1.807, 2.05) is 54.7 Å². The van der Waals surface area contributed by atoms with E-state index in [-0.39, 0.29) is 24.8 Å². The maximum atomic E-state index is 5.59. The minimum atomic E-state index is 0. The van der Waals surface area contributed by atoms with Gasteiger partial charge in [0.2, 0.25) is 0 Å². The molecular weight excluding hydrogens is 381 g/mol. The van der Waals surface area contributed by atoms with Gasteiger partial charge in [0.05, 0.1) is 18.5 Å². The van der Waals surface area contributed by atoms with Crippen LogP contribution in [0.25, 0.3) is 28.2 Å². The highest BCUT2D eigenvalue weighted by Gasteiger charge is 2.09. The molecule has 4 rings (SSSR count). The molecule has 0 radical (unpaired) electrons.